The van der Waals surface area contributed by atoms with E-state index in [0.717, 1.165) is 12.1 Å². The van der Waals surface area contributed by atoms with Gasteiger partial charge in [-0.2, -0.15) is 0 Å². The Morgan fingerprint density at radius 2 is 1.81 bits per heavy atom. The number of rotatable bonds is 6. The Balaban J connectivity index is 2.13. The molecule has 6 nitrogen and oxygen atoms in total. The maximum atomic E-state index is 13.7. The quantitative estimate of drug-likeness (QED) is 0.577. The number of nitrogens with two attached hydrogens (primary N) is 2. The molecular weight excluding hydrogens is 356 g/mol. The third-order valence-corrected chi connectivity index (χ3v) is 3.66. The first-order valence-electron chi connectivity index (χ1n) is 7.83. The molecule has 2 aromatic carbocycles. The van der Waals surface area contributed by atoms with Crippen molar-refractivity contribution < 1.29 is 23.4 Å². The second-order valence-corrected chi connectivity index (χ2v) is 5.51. The van der Waals surface area contributed by atoms with Gasteiger partial charge in [-0.3, -0.25) is 4.79 Å². The van der Waals surface area contributed by atoms with Gasteiger partial charge in [-0.1, -0.05) is 12.1 Å². The highest BCUT2D eigenvalue weighted by molar-refractivity contribution is 5.95. The lowest BCUT2D eigenvalue weighted by Gasteiger charge is -2.08. The smallest absolute Gasteiger partial charge is 0.256 e. The van der Waals surface area contributed by atoms with Crippen LogP contribution in [-0.4, -0.2) is 18.1 Å². The van der Waals surface area contributed by atoms with Crippen LogP contribution in [0, 0.1) is 11.6 Å². The number of hydrogen-bond acceptors (Lipinski definition) is 5. The van der Waals surface area contributed by atoms with E-state index < -0.39 is 29.7 Å². The molecule has 142 valence electrons. The molecule has 8 heteroatoms. The van der Waals surface area contributed by atoms with Crippen LogP contribution in [-0.2, 0) is 6.61 Å². The highest BCUT2D eigenvalue weighted by Gasteiger charge is 2.14. The van der Waals surface area contributed by atoms with Crippen LogP contribution in [0.15, 0.2) is 54.4 Å². The molecule has 0 aromatic heterocycles. The largest absolute Gasteiger partial charge is 0.497 e. The van der Waals surface area contributed by atoms with Crippen molar-refractivity contribution in [3.8, 4) is 5.75 Å². The normalized spacial score (nSPS) is 12.0. The molecule has 0 aliphatic rings. The van der Waals surface area contributed by atoms with Crippen molar-refractivity contribution in [3.05, 3.63) is 82.7 Å². The number of halogens is 2. The molecule has 0 spiro atoms. The van der Waals surface area contributed by atoms with E-state index in [1.807, 2.05) is 0 Å². The van der Waals surface area contributed by atoms with Gasteiger partial charge in [0.15, 0.2) is 0 Å². The Morgan fingerprint density at radius 3 is 2.41 bits per heavy atom. The summed E-state index contributed by atoms with van der Waals surface area (Å²) in [7, 11) is 1.53. The number of ether oxygens (including phenoxy) is 1. The lowest BCUT2D eigenvalue weighted by Crippen LogP contribution is -2.27. The first kappa shape index (κ1) is 19.9. The molecule has 0 aliphatic heterocycles. The van der Waals surface area contributed by atoms with E-state index in [2.05, 4.69) is 5.32 Å². The number of aliphatic hydroxyl groups is 1. The molecule has 0 aliphatic carbocycles. The van der Waals surface area contributed by atoms with Gasteiger partial charge < -0.3 is 26.6 Å². The summed E-state index contributed by atoms with van der Waals surface area (Å²) in [5.74, 6) is -2.29. The topological polar surface area (TPSA) is 111 Å². The van der Waals surface area contributed by atoms with E-state index in [0.29, 0.717) is 17.0 Å². The fraction of sp³-hybridized carbons (Fsp3) is 0.105. The van der Waals surface area contributed by atoms with Crippen molar-refractivity contribution in [2.75, 3.05) is 7.11 Å². The lowest BCUT2D eigenvalue weighted by atomic mass is 10.1. The second-order valence-electron chi connectivity index (χ2n) is 5.51. The van der Waals surface area contributed by atoms with Gasteiger partial charge >= 0.3 is 0 Å². The minimum Gasteiger partial charge on any atom is -0.497 e. The van der Waals surface area contributed by atoms with E-state index >= 15 is 0 Å². The molecule has 0 atom stereocenters. The Morgan fingerprint density at radius 1 is 1.15 bits per heavy atom. The number of nitrogens with one attached hydrogen (secondary N) is 1. The fourth-order valence-corrected chi connectivity index (χ4v) is 2.21. The predicted octanol–water partition coefficient (Wildman–Crippen LogP) is 2.00. The van der Waals surface area contributed by atoms with Crippen LogP contribution in [0.2, 0.25) is 0 Å². The summed E-state index contributed by atoms with van der Waals surface area (Å²) in [4.78, 5) is 12.1. The SMILES string of the molecule is COc1cccc(/C(N)=C/C=C(\N)NC(=O)c2cc(F)c(CO)c(F)c2)c1. The molecular formula is C19H19F2N3O3. The summed E-state index contributed by atoms with van der Waals surface area (Å²) in [6.07, 6.45) is 2.82. The highest BCUT2D eigenvalue weighted by Crippen LogP contribution is 2.17. The first-order valence-corrected chi connectivity index (χ1v) is 7.83. The van der Waals surface area contributed by atoms with Gasteiger partial charge in [0.1, 0.15) is 23.2 Å². The van der Waals surface area contributed by atoms with Gasteiger partial charge in [-0.15, -0.1) is 0 Å². The fourth-order valence-electron chi connectivity index (χ4n) is 2.21. The van der Waals surface area contributed by atoms with E-state index in [4.69, 9.17) is 21.3 Å². The van der Waals surface area contributed by atoms with E-state index in [9.17, 15) is 13.6 Å². The van der Waals surface area contributed by atoms with Gasteiger partial charge in [-0.25, -0.2) is 8.78 Å². The molecule has 0 unspecified atom stereocenters. The van der Waals surface area contributed by atoms with Crippen molar-refractivity contribution in [1.82, 2.24) is 5.32 Å². The zero-order chi connectivity index (χ0) is 20.0. The minimum absolute atomic E-state index is 0.0714. The molecule has 0 saturated carbocycles. The van der Waals surface area contributed by atoms with Crippen LogP contribution in [0.4, 0.5) is 8.78 Å². The molecule has 6 N–H and O–H groups in total. The van der Waals surface area contributed by atoms with Crippen LogP contribution < -0.4 is 21.5 Å². The zero-order valence-electron chi connectivity index (χ0n) is 14.5. The number of carbonyl (C=O) groups is 1. The summed E-state index contributed by atoms with van der Waals surface area (Å²) in [5.41, 5.74) is 11.9. The molecule has 2 rings (SSSR count). The van der Waals surface area contributed by atoms with Crippen LogP contribution in [0.3, 0.4) is 0 Å². The number of aliphatic hydroxyl groups excluding tert-OH is 1. The lowest BCUT2D eigenvalue weighted by molar-refractivity contribution is 0.0964. The molecule has 1 amide bonds. The maximum absolute atomic E-state index is 13.7. The van der Waals surface area contributed by atoms with Gasteiger partial charge in [-0.05, 0) is 36.4 Å². The number of allylic oxidation sites excluding steroid dienone is 2. The van der Waals surface area contributed by atoms with Gasteiger partial charge in [0, 0.05) is 22.4 Å². The Kier molecular flexibility index (Phi) is 6.51. The summed E-state index contributed by atoms with van der Waals surface area (Å²) in [6.45, 7) is -0.810. The summed E-state index contributed by atoms with van der Waals surface area (Å²) >= 11 is 0. The van der Waals surface area contributed by atoms with Crippen molar-refractivity contribution >= 4 is 11.6 Å². The Labute approximate surface area is 154 Å². The molecule has 2 aromatic rings. The van der Waals surface area contributed by atoms with Crippen LogP contribution in [0.25, 0.3) is 5.70 Å². The van der Waals surface area contributed by atoms with Gasteiger partial charge in [0.05, 0.1) is 13.7 Å². The zero-order valence-corrected chi connectivity index (χ0v) is 14.5. The molecule has 0 bridgehead atoms. The minimum atomic E-state index is -1.02. The highest BCUT2D eigenvalue weighted by atomic mass is 19.1. The van der Waals surface area contributed by atoms with Crippen molar-refractivity contribution in [1.29, 1.82) is 0 Å². The summed E-state index contributed by atoms with van der Waals surface area (Å²) in [6, 6.07) is 8.66. The molecule has 0 radical (unpaired) electrons. The van der Waals surface area contributed by atoms with Crippen LogP contribution in [0.5, 0.6) is 5.75 Å². The first-order chi connectivity index (χ1) is 12.8. The third-order valence-electron chi connectivity index (χ3n) is 3.66. The Bertz CT molecular complexity index is 888. The number of methoxy groups -OCH3 is 1. The third kappa shape index (κ3) is 5.05. The van der Waals surface area contributed by atoms with Crippen LogP contribution in [0.1, 0.15) is 21.5 Å². The number of benzene rings is 2. The molecule has 27 heavy (non-hydrogen) atoms. The molecule has 0 fully saturated rings. The predicted molar refractivity (Wildman–Crippen MR) is 97.2 cm³/mol. The standard InChI is InChI=1S/C19H19F2N3O3/c1-27-13-4-2-3-11(7-13)17(22)5-6-18(23)24-19(26)12-8-15(20)14(10-25)16(21)9-12/h2-9,25H,10,22-23H2,1H3,(H,24,26)/b17-5-,18-6+. The van der Waals surface area contributed by atoms with E-state index in [1.165, 1.54) is 19.3 Å². The van der Waals surface area contributed by atoms with E-state index in [1.54, 1.807) is 24.3 Å². The molecule has 0 saturated heterocycles. The number of amides is 1. The average Bonchev–Trinajstić information content (AvgIpc) is 2.65. The molecule has 0 heterocycles. The summed E-state index contributed by atoms with van der Waals surface area (Å²) < 4.78 is 32.4. The monoisotopic (exact) mass is 375 g/mol. The van der Waals surface area contributed by atoms with Crippen molar-refractivity contribution in [3.63, 3.8) is 0 Å². The van der Waals surface area contributed by atoms with Gasteiger partial charge in [0.2, 0.25) is 0 Å². The van der Waals surface area contributed by atoms with Crippen LogP contribution >= 0.6 is 0 Å². The number of carbonyl (C=O) groups excluding carboxylic acids is 1. The summed E-state index contributed by atoms with van der Waals surface area (Å²) in [5, 5.41) is 11.2. The van der Waals surface area contributed by atoms with Gasteiger partial charge in [0.25, 0.3) is 5.91 Å². The Hall–Kier alpha value is -3.39. The van der Waals surface area contributed by atoms with Crippen molar-refractivity contribution in [2.24, 2.45) is 11.5 Å². The average molecular weight is 375 g/mol. The second kappa shape index (κ2) is 8.81. The van der Waals surface area contributed by atoms with Crippen molar-refractivity contribution in [2.45, 2.75) is 6.61 Å². The number of hydrogen-bond donors (Lipinski definition) is 4. The van der Waals surface area contributed by atoms with E-state index in [-0.39, 0.29) is 11.4 Å². The maximum Gasteiger partial charge on any atom is 0.256 e.